The van der Waals surface area contributed by atoms with Gasteiger partial charge in [-0.2, -0.15) is 0 Å². The molecule has 1 fully saturated rings. The van der Waals surface area contributed by atoms with Crippen LogP contribution in [0.15, 0.2) is 115 Å². The van der Waals surface area contributed by atoms with Gasteiger partial charge in [0.05, 0.1) is 5.57 Å². The van der Waals surface area contributed by atoms with Gasteiger partial charge in [-0.05, 0) is 69.3 Å². The average molecular weight is 796 g/mol. The largest absolute Gasteiger partial charge is 0.480 e. The molecule has 59 heavy (non-hydrogen) atoms. The Kier molecular flexibility index (Phi) is 11.8. The first-order valence-corrected chi connectivity index (χ1v) is 20.0. The molecule has 5 aromatic rings. The van der Waals surface area contributed by atoms with Crippen molar-refractivity contribution in [3.05, 3.63) is 137 Å². The van der Waals surface area contributed by atoms with E-state index in [0.29, 0.717) is 41.7 Å². The Morgan fingerprint density at radius 1 is 0.831 bits per heavy atom. The topological polar surface area (TPSA) is 153 Å². The molecule has 2 aliphatic carbocycles. The van der Waals surface area contributed by atoms with E-state index in [4.69, 9.17) is 9.47 Å². The predicted octanol–water partition coefficient (Wildman–Crippen LogP) is 8.59. The van der Waals surface area contributed by atoms with Gasteiger partial charge in [-0.15, -0.1) is 0 Å². The maximum absolute atomic E-state index is 13.2. The molecule has 2 aliphatic rings. The minimum Gasteiger partial charge on any atom is -0.480 e. The Labute approximate surface area is 343 Å². The highest BCUT2D eigenvalue weighted by atomic mass is 16.5. The van der Waals surface area contributed by atoms with Gasteiger partial charge in [0, 0.05) is 53.7 Å². The highest BCUT2D eigenvalue weighted by Crippen LogP contribution is 2.44. The zero-order chi connectivity index (χ0) is 41.8. The molecule has 1 aromatic heterocycles. The van der Waals surface area contributed by atoms with E-state index in [1.807, 2.05) is 125 Å². The van der Waals surface area contributed by atoms with Crippen LogP contribution in [-0.4, -0.2) is 51.9 Å². The number of rotatable bonds is 14. The lowest BCUT2D eigenvalue weighted by Gasteiger charge is -2.30. The number of carboxylic acid groups (broad SMARTS) is 1. The molecule has 1 heterocycles. The van der Waals surface area contributed by atoms with E-state index in [1.54, 1.807) is 10.8 Å². The molecular formula is C48H49N3O8. The molecular weight excluding hydrogens is 747 g/mol. The van der Waals surface area contributed by atoms with Crippen molar-refractivity contribution >= 4 is 46.2 Å². The monoisotopic (exact) mass is 795 g/mol. The number of Topliss-reactive ketones (excluding diaryl/α,β-unsaturated/α-hetero) is 2. The standard InChI is InChI=1S/C48H49N3O8/c1-29(2)21-39(45-42(52)23-48(3,4)24-43(45)53)49-32-19-17-30(18-20-32)27-58-44(54)26-51-25-31(33-11-9-10-16-41(33)51)22-40(46(55)56)50-47(57)59-28-38-36-14-7-5-12-34(36)35-13-6-8-15-37(35)38/h5-20,25,29,38,40,49H,21-24,26-28H2,1-4H3,(H,50,57)(H,55,56)/t40-/m0/s1. The number of nitrogens with one attached hydrogen (secondary N) is 2. The lowest BCUT2D eigenvalue weighted by molar-refractivity contribution is -0.145. The second-order valence-corrected chi connectivity index (χ2v) is 16.7. The molecule has 7 rings (SSSR count). The van der Waals surface area contributed by atoms with Gasteiger partial charge in [-0.3, -0.25) is 14.4 Å². The Balaban J connectivity index is 0.965. The number of fused-ring (bicyclic) bond motifs is 4. The van der Waals surface area contributed by atoms with Crippen LogP contribution in [0.25, 0.3) is 22.0 Å². The van der Waals surface area contributed by atoms with Crippen LogP contribution in [0.3, 0.4) is 0 Å². The fourth-order valence-electron chi connectivity index (χ4n) is 8.25. The molecule has 0 radical (unpaired) electrons. The number of carbonyl (C=O) groups excluding carboxylic acids is 4. The molecule has 1 atom stereocenters. The number of hydrogen-bond acceptors (Lipinski definition) is 8. The number of para-hydroxylation sites is 1. The predicted molar refractivity (Wildman–Crippen MR) is 225 cm³/mol. The van der Waals surface area contributed by atoms with Crippen molar-refractivity contribution < 1.29 is 38.6 Å². The number of esters is 1. The maximum Gasteiger partial charge on any atom is 0.407 e. The molecule has 4 aromatic carbocycles. The van der Waals surface area contributed by atoms with E-state index >= 15 is 0 Å². The first-order valence-electron chi connectivity index (χ1n) is 20.0. The number of carbonyl (C=O) groups is 5. The van der Waals surface area contributed by atoms with E-state index in [-0.39, 0.29) is 60.6 Å². The Morgan fingerprint density at radius 3 is 2.07 bits per heavy atom. The van der Waals surface area contributed by atoms with Crippen LogP contribution in [0.5, 0.6) is 0 Å². The minimum absolute atomic E-state index is 0.0162. The summed E-state index contributed by atoms with van der Waals surface area (Å²) >= 11 is 0. The summed E-state index contributed by atoms with van der Waals surface area (Å²) in [6, 6.07) is 29.3. The number of benzene rings is 4. The molecule has 1 saturated carbocycles. The third kappa shape index (κ3) is 9.30. The van der Waals surface area contributed by atoms with Crippen LogP contribution < -0.4 is 10.6 Å². The zero-order valence-electron chi connectivity index (χ0n) is 33.7. The normalized spacial score (nSPS) is 15.1. The second kappa shape index (κ2) is 17.2. The fourth-order valence-corrected chi connectivity index (χ4v) is 8.25. The third-order valence-electron chi connectivity index (χ3n) is 10.9. The molecule has 0 saturated heterocycles. The fraction of sp³-hybridized carbons (Fsp3) is 0.312. The summed E-state index contributed by atoms with van der Waals surface area (Å²) in [4.78, 5) is 64.7. The number of ketones is 2. The van der Waals surface area contributed by atoms with Crippen molar-refractivity contribution in [3.8, 4) is 11.1 Å². The second-order valence-electron chi connectivity index (χ2n) is 16.7. The summed E-state index contributed by atoms with van der Waals surface area (Å²) in [5, 5.41) is 16.7. The number of carboxylic acids is 1. The maximum atomic E-state index is 13.2. The van der Waals surface area contributed by atoms with Crippen LogP contribution in [-0.2, 0) is 48.2 Å². The first-order chi connectivity index (χ1) is 28.3. The summed E-state index contributed by atoms with van der Waals surface area (Å²) in [6.07, 6.45) is 2.04. The number of anilines is 1. The molecule has 1 amide bonds. The van der Waals surface area contributed by atoms with Crippen LogP contribution in [0, 0.1) is 11.3 Å². The quantitative estimate of drug-likeness (QED) is 0.0570. The van der Waals surface area contributed by atoms with Crippen molar-refractivity contribution in [3.63, 3.8) is 0 Å². The number of allylic oxidation sites excluding steroid dienone is 2. The number of aromatic nitrogens is 1. The van der Waals surface area contributed by atoms with Crippen LogP contribution in [0.1, 0.15) is 75.1 Å². The molecule has 11 nitrogen and oxygen atoms in total. The molecule has 0 spiro atoms. The smallest absolute Gasteiger partial charge is 0.407 e. The summed E-state index contributed by atoms with van der Waals surface area (Å²) in [5.74, 6) is -1.93. The van der Waals surface area contributed by atoms with Crippen molar-refractivity contribution in [2.75, 3.05) is 11.9 Å². The van der Waals surface area contributed by atoms with E-state index in [1.165, 1.54) is 0 Å². The molecule has 3 N–H and O–H groups in total. The van der Waals surface area contributed by atoms with Gasteiger partial charge in [0.25, 0.3) is 0 Å². The Morgan fingerprint density at radius 2 is 1.44 bits per heavy atom. The minimum atomic E-state index is -1.29. The van der Waals surface area contributed by atoms with Gasteiger partial charge in [0.2, 0.25) is 0 Å². The van der Waals surface area contributed by atoms with E-state index in [9.17, 15) is 29.1 Å². The molecule has 0 unspecified atom stereocenters. The van der Waals surface area contributed by atoms with Crippen molar-refractivity contribution in [2.45, 2.75) is 78.5 Å². The van der Waals surface area contributed by atoms with Crippen LogP contribution in [0.4, 0.5) is 10.5 Å². The highest BCUT2D eigenvalue weighted by Gasteiger charge is 2.37. The van der Waals surface area contributed by atoms with Gasteiger partial charge in [-0.1, -0.05) is 107 Å². The number of nitrogens with zero attached hydrogens (tertiary/aromatic N) is 1. The van der Waals surface area contributed by atoms with Gasteiger partial charge in [0.1, 0.15) is 25.8 Å². The number of ether oxygens (including phenoxy) is 2. The van der Waals surface area contributed by atoms with Crippen molar-refractivity contribution in [1.29, 1.82) is 0 Å². The van der Waals surface area contributed by atoms with E-state index < -0.39 is 24.1 Å². The number of aliphatic carboxylic acids is 1. The number of alkyl carbamates (subject to hydrolysis) is 1. The number of hydrogen-bond donors (Lipinski definition) is 3. The summed E-state index contributed by atoms with van der Waals surface area (Å²) in [6.45, 7) is 7.90. The molecule has 0 aliphatic heterocycles. The third-order valence-corrected chi connectivity index (χ3v) is 10.9. The SMILES string of the molecule is CC(C)CC(Nc1ccc(COC(=O)Cn2cc(C[C@H](NC(=O)OCC3c4ccccc4-c4ccccc43)C(=O)O)c3ccccc32)cc1)=C1C(=O)CC(C)(C)CC1=O. The number of amides is 1. The molecule has 304 valence electrons. The first kappa shape index (κ1) is 40.7. The van der Waals surface area contributed by atoms with Gasteiger partial charge < -0.3 is 29.8 Å². The van der Waals surface area contributed by atoms with Crippen LogP contribution >= 0.6 is 0 Å². The zero-order valence-corrected chi connectivity index (χ0v) is 33.7. The average Bonchev–Trinajstić information content (AvgIpc) is 3.70. The Hall–Kier alpha value is -6.49. The van der Waals surface area contributed by atoms with E-state index in [2.05, 4.69) is 10.6 Å². The van der Waals surface area contributed by atoms with Crippen molar-refractivity contribution in [1.82, 2.24) is 9.88 Å². The summed E-state index contributed by atoms with van der Waals surface area (Å²) in [5.41, 5.74) is 7.63. The molecule has 11 heteroatoms. The van der Waals surface area contributed by atoms with Gasteiger partial charge in [-0.25, -0.2) is 9.59 Å². The van der Waals surface area contributed by atoms with Gasteiger partial charge >= 0.3 is 18.0 Å². The Bertz CT molecular complexity index is 2390. The highest BCUT2D eigenvalue weighted by molar-refractivity contribution is 6.23. The van der Waals surface area contributed by atoms with Crippen LogP contribution in [0.2, 0.25) is 0 Å². The van der Waals surface area contributed by atoms with Gasteiger partial charge in [0.15, 0.2) is 11.6 Å². The summed E-state index contributed by atoms with van der Waals surface area (Å²) < 4.78 is 13.0. The summed E-state index contributed by atoms with van der Waals surface area (Å²) in [7, 11) is 0. The van der Waals surface area contributed by atoms with E-state index in [0.717, 1.165) is 33.2 Å². The van der Waals surface area contributed by atoms with Crippen molar-refractivity contribution in [2.24, 2.45) is 11.3 Å². The lowest BCUT2D eigenvalue weighted by atomic mass is 9.73. The molecule has 0 bridgehead atoms. The lowest BCUT2D eigenvalue weighted by Crippen LogP contribution is -2.42.